The molecule has 0 saturated carbocycles. The van der Waals surface area contributed by atoms with Gasteiger partial charge in [0.2, 0.25) is 0 Å². The van der Waals surface area contributed by atoms with E-state index >= 15 is 0 Å². The molecule has 226 valence electrons. The molecule has 0 radical (unpaired) electrons. The van der Waals surface area contributed by atoms with E-state index in [1.807, 2.05) is 30.3 Å². The van der Waals surface area contributed by atoms with Crippen LogP contribution in [0.2, 0.25) is 0 Å². The van der Waals surface area contributed by atoms with Crippen LogP contribution in [0.15, 0.2) is 166 Å². The Morgan fingerprint density at radius 3 is 2.15 bits per heavy atom. The van der Waals surface area contributed by atoms with Crippen molar-refractivity contribution in [1.29, 1.82) is 0 Å². The molecule has 0 amide bonds. The van der Waals surface area contributed by atoms with Crippen LogP contribution in [-0.2, 0) is 6.42 Å². The third-order valence-electron chi connectivity index (χ3n) is 9.66. The van der Waals surface area contributed by atoms with E-state index < -0.39 is 0 Å². The highest BCUT2D eigenvalue weighted by atomic mass is 16.3. The van der Waals surface area contributed by atoms with Gasteiger partial charge in [0, 0.05) is 10.8 Å². The number of hydrogen-bond acceptors (Lipinski definition) is 3. The fourth-order valence-electron chi connectivity index (χ4n) is 7.21. The van der Waals surface area contributed by atoms with E-state index in [0.29, 0.717) is 11.7 Å². The molecule has 4 nitrogen and oxygen atoms in total. The van der Waals surface area contributed by atoms with Crippen molar-refractivity contribution in [2.45, 2.75) is 12.6 Å². The van der Waals surface area contributed by atoms with Gasteiger partial charge in [-0.2, -0.15) is 0 Å². The molecule has 0 bridgehead atoms. The zero-order valence-electron chi connectivity index (χ0n) is 26.0. The minimum Gasteiger partial charge on any atom is -0.456 e. The van der Waals surface area contributed by atoms with Crippen molar-refractivity contribution in [3.63, 3.8) is 0 Å². The van der Waals surface area contributed by atoms with E-state index in [1.165, 1.54) is 38.6 Å². The van der Waals surface area contributed by atoms with Crippen molar-refractivity contribution in [3.8, 4) is 22.3 Å². The molecule has 0 spiro atoms. The molecule has 8 aromatic rings. The lowest BCUT2D eigenvalue weighted by Crippen LogP contribution is -2.16. The highest BCUT2D eigenvalue weighted by Gasteiger charge is 2.22. The number of fused-ring (bicyclic) bond motifs is 7. The summed E-state index contributed by atoms with van der Waals surface area (Å²) in [7, 11) is 0. The van der Waals surface area contributed by atoms with Crippen LogP contribution >= 0.6 is 0 Å². The molecule has 10 rings (SSSR count). The van der Waals surface area contributed by atoms with Crippen LogP contribution in [0.4, 0.5) is 0 Å². The minimum absolute atomic E-state index is 0.375. The molecule has 0 N–H and O–H groups in total. The van der Waals surface area contributed by atoms with E-state index in [2.05, 4.69) is 121 Å². The molecule has 0 fully saturated rings. The first-order valence-electron chi connectivity index (χ1n) is 16.3. The Morgan fingerprint density at radius 1 is 0.521 bits per heavy atom. The van der Waals surface area contributed by atoms with Crippen molar-refractivity contribution in [2.75, 3.05) is 0 Å². The van der Waals surface area contributed by atoms with Gasteiger partial charge in [-0.25, -0.2) is 0 Å². The van der Waals surface area contributed by atoms with Crippen LogP contribution in [0.25, 0.3) is 60.3 Å². The summed E-state index contributed by atoms with van der Waals surface area (Å²) in [6.07, 6.45) is 0.470. The molecule has 1 aromatic heterocycles. The van der Waals surface area contributed by atoms with Gasteiger partial charge in [0.15, 0.2) is 0 Å². The Hall–Kier alpha value is -6.26. The van der Waals surface area contributed by atoms with Crippen molar-refractivity contribution in [1.82, 2.24) is 0 Å². The maximum Gasteiger partial charge on any atom is 0.135 e. The molecule has 0 saturated heterocycles. The summed E-state index contributed by atoms with van der Waals surface area (Å²) in [5, 5.41) is 9.87. The zero-order chi connectivity index (χ0) is 31.6. The topological polar surface area (TPSA) is 52.0 Å². The smallest absolute Gasteiger partial charge is 0.135 e. The number of para-hydroxylation sites is 1. The number of hydrogen-bond donors (Lipinski definition) is 0. The highest BCUT2D eigenvalue weighted by Crippen LogP contribution is 2.42. The van der Waals surface area contributed by atoms with E-state index in [1.54, 1.807) is 0 Å². The lowest BCUT2D eigenvalue weighted by atomic mass is 9.99. The first-order chi connectivity index (χ1) is 23.7. The summed E-state index contributed by atoms with van der Waals surface area (Å²) in [4.78, 5) is 10.1. The lowest BCUT2D eigenvalue weighted by molar-refractivity contribution is 0.668. The van der Waals surface area contributed by atoms with Gasteiger partial charge >= 0.3 is 0 Å². The average Bonchev–Trinajstić information content (AvgIpc) is 3.70. The van der Waals surface area contributed by atoms with Gasteiger partial charge in [0.05, 0.1) is 12.0 Å². The summed E-state index contributed by atoms with van der Waals surface area (Å²) < 4.78 is 6.21. The molecule has 1 aliphatic heterocycles. The Bertz CT molecular complexity index is 2610. The molecule has 2 heterocycles. The SMILES string of the molecule is c1ccc(C2N=C(c3ccc(-c4ccc5ccccc5c4)cc3)N=C(c3ccc4c(c3)Cc3cc5oc6ccccc6c5cc3-4)[N-]2)cc1. The fourth-order valence-corrected chi connectivity index (χ4v) is 7.21. The molecule has 2 aliphatic rings. The second-order valence-electron chi connectivity index (χ2n) is 12.6. The molecule has 1 unspecified atom stereocenters. The highest BCUT2D eigenvalue weighted by molar-refractivity contribution is 6.19. The van der Waals surface area contributed by atoms with Crippen LogP contribution in [0.5, 0.6) is 0 Å². The summed E-state index contributed by atoms with van der Waals surface area (Å²) >= 11 is 0. The van der Waals surface area contributed by atoms with Crippen LogP contribution in [0, 0.1) is 0 Å². The molecular formula is C44H28N3O-. The maximum absolute atomic E-state index is 6.21. The minimum atomic E-state index is -0.375. The van der Waals surface area contributed by atoms with Crippen LogP contribution < -0.4 is 0 Å². The molecule has 1 atom stereocenters. The quantitative estimate of drug-likeness (QED) is 0.195. The predicted molar refractivity (Wildman–Crippen MR) is 197 cm³/mol. The van der Waals surface area contributed by atoms with Crippen molar-refractivity contribution in [3.05, 3.63) is 185 Å². The molecule has 4 heteroatoms. The van der Waals surface area contributed by atoms with Crippen LogP contribution in [0.3, 0.4) is 0 Å². The largest absolute Gasteiger partial charge is 0.456 e. The third kappa shape index (κ3) is 4.45. The number of aliphatic imine (C=N–C) groups is 2. The number of amidine groups is 2. The Labute approximate surface area is 277 Å². The first kappa shape index (κ1) is 26.9. The van der Waals surface area contributed by atoms with Crippen molar-refractivity contribution < 1.29 is 4.42 Å². The van der Waals surface area contributed by atoms with Crippen molar-refractivity contribution in [2.24, 2.45) is 9.98 Å². The van der Waals surface area contributed by atoms with Gasteiger partial charge in [0.25, 0.3) is 0 Å². The second kappa shape index (κ2) is 10.6. The van der Waals surface area contributed by atoms with Gasteiger partial charge in [-0.05, 0) is 91.5 Å². The summed E-state index contributed by atoms with van der Waals surface area (Å²) in [5.74, 6) is 1.39. The Morgan fingerprint density at radius 2 is 1.25 bits per heavy atom. The second-order valence-corrected chi connectivity index (χ2v) is 12.6. The molecule has 7 aromatic carbocycles. The van der Waals surface area contributed by atoms with Crippen LogP contribution in [0.1, 0.15) is 34.0 Å². The van der Waals surface area contributed by atoms with Gasteiger partial charge in [-0.1, -0.05) is 133 Å². The first-order valence-corrected chi connectivity index (χ1v) is 16.3. The number of benzene rings is 7. The van der Waals surface area contributed by atoms with Gasteiger partial charge < -0.3 is 14.7 Å². The number of nitrogens with zero attached hydrogens (tertiary/aromatic N) is 3. The molecule has 1 aliphatic carbocycles. The van der Waals surface area contributed by atoms with Gasteiger partial charge in [-0.15, -0.1) is 0 Å². The predicted octanol–water partition coefficient (Wildman–Crippen LogP) is 11.3. The van der Waals surface area contributed by atoms with Gasteiger partial charge in [0.1, 0.15) is 11.2 Å². The molecule has 48 heavy (non-hydrogen) atoms. The lowest BCUT2D eigenvalue weighted by Gasteiger charge is -2.32. The number of furan rings is 1. The van der Waals surface area contributed by atoms with E-state index in [9.17, 15) is 0 Å². The Kier molecular flexibility index (Phi) is 5.97. The fraction of sp³-hybridized carbons (Fsp3) is 0.0455. The normalized spacial score (nSPS) is 15.2. The van der Waals surface area contributed by atoms with E-state index in [-0.39, 0.29) is 6.17 Å². The summed E-state index contributed by atoms with van der Waals surface area (Å²) in [5.41, 5.74) is 12.3. The molecular weight excluding hydrogens is 587 g/mol. The standard InChI is InChI=1S/C44H28N3O/c1-2-9-29(10-3-1)42-45-43(30-17-14-28(15-18-30)32-19-16-27-8-4-5-11-31(27)22-32)47-44(46-42)33-20-21-36-34(23-33)24-35-25-41-39(26-38(35)36)37-12-6-7-13-40(37)48-41/h1-23,25-26,42H,24H2/q-1. The Balaban J connectivity index is 1.01. The number of rotatable bonds is 4. The summed E-state index contributed by atoms with van der Waals surface area (Å²) in [6.45, 7) is 0. The van der Waals surface area contributed by atoms with Crippen LogP contribution in [-0.4, -0.2) is 11.7 Å². The monoisotopic (exact) mass is 614 g/mol. The van der Waals surface area contributed by atoms with E-state index in [0.717, 1.165) is 50.6 Å². The van der Waals surface area contributed by atoms with Gasteiger partial charge in [-0.3, -0.25) is 4.99 Å². The van der Waals surface area contributed by atoms with E-state index in [4.69, 9.17) is 19.7 Å². The zero-order valence-corrected chi connectivity index (χ0v) is 26.0. The summed E-state index contributed by atoms with van der Waals surface area (Å²) in [6, 6.07) is 53.3. The third-order valence-corrected chi connectivity index (χ3v) is 9.66. The average molecular weight is 615 g/mol. The van der Waals surface area contributed by atoms with Crippen molar-refractivity contribution >= 4 is 44.4 Å². The maximum atomic E-state index is 6.21.